The smallest absolute Gasteiger partial charge is 0.404 e. The summed E-state index contributed by atoms with van der Waals surface area (Å²) in [6.45, 7) is 0.342. The number of aromatic nitrogens is 1. The van der Waals surface area contributed by atoms with Crippen molar-refractivity contribution in [1.82, 2.24) is 4.57 Å². The van der Waals surface area contributed by atoms with E-state index in [1.807, 2.05) is 48.7 Å². The van der Waals surface area contributed by atoms with Gasteiger partial charge in [0.15, 0.2) is 0 Å². The quantitative estimate of drug-likeness (QED) is 0.143. The van der Waals surface area contributed by atoms with Crippen LogP contribution in [-0.4, -0.2) is 34.1 Å². The fourth-order valence-electron chi connectivity index (χ4n) is 5.50. The van der Waals surface area contributed by atoms with Gasteiger partial charge in [-0.2, -0.15) is 0 Å². The van der Waals surface area contributed by atoms with Gasteiger partial charge in [0.2, 0.25) is 11.8 Å². The maximum atomic E-state index is 14.0. The number of primary amides is 1. The number of rotatable bonds is 13. The summed E-state index contributed by atoms with van der Waals surface area (Å²) in [5, 5.41) is 3.99. The average molecular weight is 585 g/mol. The van der Waals surface area contributed by atoms with E-state index in [0.717, 1.165) is 66.1 Å². The third-order valence-corrected chi connectivity index (χ3v) is 7.93. The van der Waals surface area contributed by atoms with E-state index >= 15 is 0 Å². The predicted molar refractivity (Wildman–Crippen MR) is 162 cm³/mol. The fraction of sp³-hybridized carbons (Fsp3) is 0.452. The minimum absolute atomic E-state index is 0.0565. The molecule has 1 saturated carbocycles. The highest BCUT2D eigenvalue weighted by atomic mass is 32.1. The lowest BCUT2D eigenvalue weighted by molar-refractivity contribution is -0.116. The van der Waals surface area contributed by atoms with Crippen molar-refractivity contribution < 1.29 is 23.1 Å². The van der Waals surface area contributed by atoms with Crippen molar-refractivity contribution in [3.05, 3.63) is 54.2 Å². The van der Waals surface area contributed by atoms with E-state index in [9.17, 15) is 18.4 Å². The van der Waals surface area contributed by atoms with Crippen LogP contribution < -0.4 is 16.8 Å². The minimum atomic E-state index is -2.62. The summed E-state index contributed by atoms with van der Waals surface area (Å²) in [4.78, 5) is 23.6. The van der Waals surface area contributed by atoms with Crippen molar-refractivity contribution in [1.29, 1.82) is 0 Å². The summed E-state index contributed by atoms with van der Waals surface area (Å²) < 4.78 is 34.7. The number of unbranched alkanes of at least 4 members (excludes halogenated alkanes) is 5. The number of fused-ring (bicyclic) bond motifs is 1. The van der Waals surface area contributed by atoms with Crippen molar-refractivity contribution in [2.24, 2.45) is 11.5 Å². The number of nitrogens with one attached hydrogen (secondary N) is 1. The molecule has 0 radical (unpaired) electrons. The Labute approximate surface area is 244 Å². The zero-order valence-corrected chi connectivity index (χ0v) is 24.0. The third-order valence-electron chi connectivity index (χ3n) is 7.70. The second-order valence-electron chi connectivity index (χ2n) is 10.8. The molecule has 1 heterocycles. The molecule has 5 N–H and O–H groups in total. The molecular weight excluding hydrogens is 546 g/mol. The van der Waals surface area contributed by atoms with Gasteiger partial charge in [0.25, 0.3) is 0 Å². The molecule has 1 aromatic heterocycles. The first-order valence-corrected chi connectivity index (χ1v) is 14.7. The summed E-state index contributed by atoms with van der Waals surface area (Å²) in [5.74, 6) is -2.68. The van der Waals surface area contributed by atoms with Crippen LogP contribution >= 0.6 is 12.2 Å². The molecule has 1 fully saturated rings. The van der Waals surface area contributed by atoms with Gasteiger partial charge in [0.1, 0.15) is 4.99 Å². The van der Waals surface area contributed by atoms with E-state index in [0.29, 0.717) is 36.5 Å². The number of halogens is 2. The van der Waals surface area contributed by atoms with Gasteiger partial charge in [-0.15, -0.1) is 0 Å². The van der Waals surface area contributed by atoms with Gasteiger partial charge in [-0.1, -0.05) is 62.2 Å². The molecule has 0 bridgehead atoms. The van der Waals surface area contributed by atoms with E-state index in [4.69, 9.17) is 28.4 Å². The Morgan fingerprint density at radius 2 is 1.71 bits per heavy atom. The summed E-state index contributed by atoms with van der Waals surface area (Å²) in [6, 6.07) is 13.4. The molecule has 220 valence electrons. The standard InChI is InChI=1S/C31H38F2N4O3S/c32-31(33)15-13-24(14-16-31)37-20-26(21-8-7-9-22(18-21)29(34)41)25-12-11-23(19-27(25)37)36-28(38)10-5-3-1-2-4-6-17-40-30(35)39/h7-9,11-12,18-20,24H,1-6,10,13-17H2,(H2,34,41)(H2,35,39)(H,36,38). The van der Waals surface area contributed by atoms with Crippen LogP contribution in [0.2, 0.25) is 0 Å². The van der Waals surface area contributed by atoms with Gasteiger partial charge in [0.05, 0.1) is 12.1 Å². The highest BCUT2D eigenvalue weighted by Crippen LogP contribution is 2.42. The van der Waals surface area contributed by atoms with Crippen molar-refractivity contribution in [2.75, 3.05) is 11.9 Å². The number of benzene rings is 2. The first-order valence-electron chi connectivity index (χ1n) is 14.3. The van der Waals surface area contributed by atoms with Crippen LogP contribution in [0.15, 0.2) is 48.7 Å². The largest absolute Gasteiger partial charge is 0.450 e. The van der Waals surface area contributed by atoms with Crippen molar-refractivity contribution in [3.63, 3.8) is 0 Å². The number of nitrogens with two attached hydrogens (primary N) is 2. The Morgan fingerprint density at radius 1 is 1.00 bits per heavy atom. The minimum Gasteiger partial charge on any atom is -0.450 e. The van der Waals surface area contributed by atoms with Gasteiger partial charge < -0.3 is 26.1 Å². The molecule has 3 aromatic rings. The lowest BCUT2D eigenvalue weighted by Gasteiger charge is -2.29. The molecule has 0 unspecified atom stereocenters. The van der Waals surface area contributed by atoms with Crippen LogP contribution in [0.25, 0.3) is 22.0 Å². The number of hydrogen-bond donors (Lipinski definition) is 3. The second kappa shape index (κ2) is 13.9. The van der Waals surface area contributed by atoms with Gasteiger partial charge in [-0.25, -0.2) is 13.6 Å². The molecular formula is C31H38F2N4O3S. The van der Waals surface area contributed by atoms with Crippen molar-refractivity contribution in [3.8, 4) is 11.1 Å². The number of thiocarbonyl (C=S) groups is 1. The lowest BCUT2D eigenvalue weighted by atomic mass is 9.92. The predicted octanol–water partition coefficient (Wildman–Crippen LogP) is 7.46. The summed E-state index contributed by atoms with van der Waals surface area (Å²) in [5.41, 5.74) is 15.1. The van der Waals surface area contributed by atoms with Gasteiger partial charge in [0, 0.05) is 53.7 Å². The Balaban J connectivity index is 1.44. The maximum absolute atomic E-state index is 14.0. The van der Waals surface area contributed by atoms with Crippen LogP contribution in [0, 0.1) is 0 Å². The van der Waals surface area contributed by atoms with Crippen LogP contribution in [0.3, 0.4) is 0 Å². The molecule has 4 rings (SSSR count). The highest BCUT2D eigenvalue weighted by molar-refractivity contribution is 7.80. The Bertz CT molecular complexity index is 1380. The maximum Gasteiger partial charge on any atom is 0.404 e. The van der Waals surface area contributed by atoms with Gasteiger partial charge in [-0.05, 0) is 49.4 Å². The first kappa shape index (κ1) is 30.4. The molecule has 0 aliphatic heterocycles. The Hall–Kier alpha value is -3.53. The Kier molecular flexibility index (Phi) is 10.3. The van der Waals surface area contributed by atoms with Crippen LogP contribution in [0.1, 0.15) is 82.2 Å². The molecule has 2 amide bonds. The summed E-state index contributed by atoms with van der Waals surface area (Å²) in [6.07, 6.45) is 7.66. The number of carbonyl (C=O) groups excluding carboxylic acids is 2. The molecule has 7 nitrogen and oxygen atoms in total. The number of nitrogens with zero attached hydrogens (tertiary/aromatic N) is 1. The number of amides is 2. The lowest BCUT2D eigenvalue weighted by Crippen LogP contribution is -2.26. The highest BCUT2D eigenvalue weighted by Gasteiger charge is 2.36. The third kappa shape index (κ3) is 8.48. The molecule has 0 saturated heterocycles. The zero-order chi connectivity index (χ0) is 29.4. The Morgan fingerprint density at radius 3 is 2.41 bits per heavy atom. The van der Waals surface area contributed by atoms with E-state index in [1.54, 1.807) is 0 Å². The second-order valence-corrected chi connectivity index (χ2v) is 11.2. The molecule has 0 atom stereocenters. The monoisotopic (exact) mass is 584 g/mol. The molecule has 1 aliphatic rings. The average Bonchev–Trinajstić information content (AvgIpc) is 3.31. The van der Waals surface area contributed by atoms with Gasteiger partial charge >= 0.3 is 6.09 Å². The molecule has 41 heavy (non-hydrogen) atoms. The molecule has 10 heteroatoms. The van der Waals surface area contributed by atoms with E-state index < -0.39 is 12.0 Å². The fourth-order valence-corrected chi connectivity index (χ4v) is 5.62. The number of carbonyl (C=O) groups is 2. The number of anilines is 1. The number of alkyl halides is 2. The van der Waals surface area contributed by atoms with E-state index in [1.165, 1.54) is 0 Å². The molecule has 2 aromatic carbocycles. The summed E-state index contributed by atoms with van der Waals surface area (Å²) >= 11 is 5.17. The first-order chi connectivity index (χ1) is 19.6. The number of ether oxygens (including phenoxy) is 1. The van der Waals surface area contributed by atoms with Crippen LogP contribution in [-0.2, 0) is 9.53 Å². The number of hydrogen-bond acceptors (Lipinski definition) is 4. The van der Waals surface area contributed by atoms with Crippen molar-refractivity contribution >= 4 is 45.8 Å². The van der Waals surface area contributed by atoms with Crippen LogP contribution in [0.5, 0.6) is 0 Å². The topological polar surface area (TPSA) is 112 Å². The SMILES string of the molecule is NC(=O)OCCCCCCCCC(=O)Nc1ccc2c(-c3cccc(C(N)=S)c3)cn(C3CCC(F)(F)CC3)c2c1. The van der Waals surface area contributed by atoms with E-state index in [-0.39, 0.29) is 24.8 Å². The van der Waals surface area contributed by atoms with Crippen molar-refractivity contribution in [2.45, 2.75) is 82.6 Å². The molecule has 0 spiro atoms. The summed E-state index contributed by atoms with van der Waals surface area (Å²) in [7, 11) is 0. The van der Waals surface area contributed by atoms with Gasteiger partial charge in [-0.3, -0.25) is 4.79 Å². The van der Waals surface area contributed by atoms with E-state index in [2.05, 4.69) is 9.88 Å². The van der Waals surface area contributed by atoms with Crippen LogP contribution in [0.4, 0.5) is 19.3 Å². The normalized spacial score (nSPS) is 15.1. The zero-order valence-electron chi connectivity index (χ0n) is 23.2. The molecule has 1 aliphatic carbocycles.